The van der Waals surface area contributed by atoms with Crippen molar-refractivity contribution in [2.75, 3.05) is 25.0 Å². The number of hydrogen-bond donors (Lipinski definition) is 4. The normalized spacial score (nSPS) is 15.5. The number of carbonyl (C=O) groups excluding carboxylic acids is 1. The molecule has 36 heavy (non-hydrogen) atoms. The first-order valence-electron chi connectivity index (χ1n) is 11.5. The Morgan fingerprint density at radius 3 is 2.69 bits per heavy atom. The number of carboxylic acids is 1. The summed E-state index contributed by atoms with van der Waals surface area (Å²) in [5, 5.41) is 15.4. The van der Waals surface area contributed by atoms with E-state index >= 15 is 0 Å². The van der Waals surface area contributed by atoms with E-state index in [0.29, 0.717) is 48.7 Å². The van der Waals surface area contributed by atoms with E-state index < -0.39 is 11.4 Å². The lowest BCUT2D eigenvalue weighted by molar-refractivity contribution is -0.150. The number of aromatic nitrogens is 2. The first-order valence-corrected chi connectivity index (χ1v) is 12.7. The quantitative estimate of drug-likeness (QED) is 0.224. The predicted molar refractivity (Wildman–Crippen MR) is 145 cm³/mol. The molecule has 5 N–H and O–H groups in total. The fourth-order valence-electron chi connectivity index (χ4n) is 3.91. The average Bonchev–Trinajstić information content (AvgIpc) is 3.26. The van der Waals surface area contributed by atoms with Crippen LogP contribution in [0.5, 0.6) is 0 Å². The average molecular weight is 526 g/mol. The smallest absolute Gasteiger partial charge is 0.321 e. The van der Waals surface area contributed by atoms with Gasteiger partial charge in [-0.05, 0) is 51.0 Å². The van der Waals surface area contributed by atoms with Gasteiger partial charge in [0.2, 0.25) is 0 Å². The van der Waals surface area contributed by atoms with Gasteiger partial charge in [-0.15, -0.1) is 0 Å². The molecule has 0 bridgehead atoms. The number of piperidine rings is 1. The van der Waals surface area contributed by atoms with Crippen LogP contribution >= 0.6 is 23.6 Å². The number of amides is 2. The van der Waals surface area contributed by atoms with E-state index in [4.69, 9.17) is 18.0 Å². The highest BCUT2D eigenvalue weighted by atomic mass is 32.1. The second-order valence-corrected chi connectivity index (χ2v) is 10.1. The summed E-state index contributed by atoms with van der Waals surface area (Å²) in [5.74, 6) is -0.545. The highest BCUT2D eigenvalue weighted by molar-refractivity contribution is 7.80. The molecule has 1 aliphatic rings. The fraction of sp³-hybridized carbons (Fsp3) is 0.333. The number of benzene rings is 1. The second-order valence-electron chi connectivity index (χ2n) is 8.72. The largest absolute Gasteiger partial charge is 0.481 e. The van der Waals surface area contributed by atoms with Crippen molar-refractivity contribution in [3.8, 4) is 11.3 Å². The minimum absolute atomic E-state index is 0.254. The standard InChI is InChI=1S/C24H27N7O3S2/c1-3-26-22(34)30-23-28-17-13-14(12-15(18(17)36-23)16-6-4-5-9-27-16)19(35)29-21(25)31-10-7-24(2,8-11-31)20(32)33/h4-6,9,12-13H,3,7-8,10-11H2,1-2H3,(H,32,33)(H2,25,29,35)(H2,26,28,30,34). The van der Waals surface area contributed by atoms with Crippen LogP contribution in [0.1, 0.15) is 32.3 Å². The van der Waals surface area contributed by atoms with Gasteiger partial charge < -0.3 is 21.1 Å². The maximum Gasteiger partial charge on any atom is 0.321 e. The molecule has 1 saturated heterocycles. The van der Waals surface area contributed by atoms with Crippen molar-refractivity contribution in [2.24, 2.45) is 16.1 Å². The van der Waals surface area contributed by atoms with Crippen LogP contribution in [-0.4, -0.2) is 62.6 Å². The third-order valence-corrected chi connectivity index (χ3v) is 7.51. The van der Waals surface area contributed by atoms with E-state index in [1.54, 1.807) is 13.1 Å². The molecule has 0 atom stereocenters. The van der Waals surface area contributed by atoms with Gasteiger partial charge in [0.15, 0.2) is 11.1 Å². The number of fused-ring (bicyclic) bond motifs is 1. The van der Waals surface area contributed by atoms with Crippen LogP contribution < -0.4 is 16.4 Å². The molecule has 1 aromatic carbocycles. The van der Waals surface area contributed by atoms with Gasteiger partial charge in [-0.3, -0.25) is 15.1 Å². The third-order valence-electron chi connectivity index (χ3n) is 6.16. The Bertz CT molecular complexity index is 1330. The molecule has 188 valence electrons. The molecular formula is C24H27N7O3S2. The zero-order chi connectivity index (χ0) is 25.9. The summed E-state index contributed by atoms with van der Waals surface area (Å²) < 4.78 is 0.855. The van der Waals surface area contributed by atoms with Gasteiger partial charge in [0, 0.05) is 37.0 Å². The van der Waals surface area contributed by atoms with E-state index in [-0.39, 0.29) is 17.0 Å². The monoisotopic (exact) mass is 525 g/mol. The molecule has 0 radical (unpaired) electrons. The molecule has 10 nitrogen and oxygen atoms in total. The van der Waals surface area contributed by atoms with E-state index in [2.05, 4.69) is 25.6 Å². The molecule has 2 aromatic heterocycles. The number of aliphatic carboxylic acids is 1. The Hall–Kier alpha value is -3.64. The van der Waals surface area contributed by atoms with Crippen LogP contribution in [0.15, 0.2) is 41.5 Å². The zero-order valence-corrected chi connectivity index (χ0v) is 21.6. The Morgan fingerprint density at radius 2 is 2.06 bits per heavy atom. The highest BCUT2D eigenvalue weighted by Crippen LogP contribution is 2.36. The number of likely N-dealkylation sites (tertiary alicyclic amines) is 1. The van der Waals surface area contributed by atoms with Crippen molar-refractivity contribution >= 4 is 61.9 Å². The van der Waals surface area contributed by atoms with Gasteiger partial charge in [0.1, 0.15) is 4.99 Å². The number of nitrogens with two attached hydrogens (primary N) is 1. The van der Waals surface area contributed by atoms with Gasteiger partial charge in [-0.25, -0.2) is 14.8 Å². The predicted octanol–water partition coefficient (Wildman–Crippen LogP) is 3.68. The van der Waals surface area contributed by atoms with Crippen molar-refractivity contribution in [3.63, 3.8) is 0 Å². The first kappa shape index (κ1) is 25.5. The third kappa shape index (κ3) is 5.44. The van der Waals surface area contributed by atoms with Gasteiger partial charge >= 0.3 is 12.0 Å². The number of anilines is 1. The number of urea groups is 1. The number of hydrogen-bond acceptors (Lipinski definition) is 6. The highest BCUT2D eigenvalue weighted by Gasteiger charge is 2.37. The van der Waals surface area contributed by atoms with Crippen LogP contribution in [0.3, 0.4) is 0 Å². The fourth-order valence-corrected chi connectivity index (χ4v) is 5.08. The molecule has 2 amide bonds. The molecule has 4 rings (SSSR count). The van der Waals surface area contributed by atoms with Gasteiger partial charge in [-0.2, -0.15) is 0 Å². The number of guanidine groups is 1. The van der Waals surface area contributed by atoms with Crippen LogP contribution in [0.25, 0.3) is 21.5 Å². The van der Waals surface area contributed by atoms with E-state index in [1.165, 1.54) is 11.3 Å². The van der Waals surface area contributed by atoms with E-state index in [1.807, 2.05) is 42.2 Å². The second kappa shape index (κ2) is 10.5. The van der Waals surface area contributed by atoms with Gasteiger partial charge in [-0.1, -0.05) is 29.6 Å². The summed E-state index contributed by atoms with van der Waals surface area (Å²) in [6.07, 6.45) is 2.65. The number of aliphatic imine (C=N–C) groups is 1. The van der Waals surface area contributed by atoms with Crippen LogP contribution in [0, 0.1) is 5.41 Å². The number of nitrogens with one attached hydrogen (secondary N) is 2. The lowest BCUT2D eigenvalue weighted by Gasteiger charge is -2.36. The minimum Gasteiger partial charge on any atom is -0.481 e. The Kier molecular flexibility index (Phi) is 7.45. The van der Waals surface area contributed by atoms with Gasteiger partial charge in [0.25, 0.3) is 0 Å². The molecule has 1 fully saturated rings. The minimum atomic E-state index is -0.798. The molecule has 12 heteroatoms. The lowest BCUT2D eigenvalue weighted by Crippen LogP contribution is -2.48. The molecular weight excluding hydrogens is 498 g/mol. The van der Waals surface area contributed by atoms with Crippen LogP contribution in [-0.2, 0) is 4.79 Å². The number of pyridine rings is 1. The van der Waals surface area contributed by atoms with Crippen molar-refractivity contribution in [1.82, 2.24) is 20.2 Å². The molecule has 1 aliphatic heterocycles. The van der Waals surface area contributed by atoms with Crippen molar-refractivity contribution in [1.29, 1.82) is 0 Å². The van der Waals surface area contributed by atoms with E-state index in [9.17, 15) is 14.7 Å². The summed E-state index contributed by atoms with van der Waals surface area (Å²) in [6.45, 7) is 5.06. The summed E-state index contributed by atoms with van der Waals surface area (Å²) in [4.78, 5) is 39.2. The number of thiocarbonyl (C=S) groups is 1. The lowest BCUT2D eigenvalue weighted by atomic mass is 9.80. The maximum absolute atomic E-state index is 12.0. The van der Waals surface area contributed by atoms with Crippen LogP contribution in [0.2, 0.25) is 0 Å². The Labute approximate surface area is 217 Å². The summed E-state index contributed by atoms with van der Waals surface area (Å²) in [6, 6.07) is 9.01. The maximum atomic E-state index is 12.0. The van der Waals surface area contributed by atoms with Gasteiger partial charge in [0.05, 0.1) is 21.3 Å². The number of carbonyl (C=O) groups is 2. The number of rotatable bonds is 5. The first-order chi connectivity index (χ1) is 17.2. The number of carboxylic acid groups (broad SMARTS) is 1. The Balaban J connectivity index is 1.65. The zero-order valence-electron chi connectivity index (χ0n) is 19.9. The van der Waals surface area contributed by atoms with Crippen molar-refractivity contribution < 1.29 is 14.7 Å². The molecule has 0 aliphatic carbocycles. The topological polar surface area (TPSA) is 146 Å². The van der Waals surface area contributed by atoms with Crippen molar-refractivity contribution in [3.05, 3.63) is 42.1 Å². The summed E-state index contributed by atoms with van der Waals surface area (Å²) in [5.41, 5.74) is 8.35. The molecule has 0 spiro atoms. The number of thiazole rings is 1. The molecule has 0 saturated carbocycles. The SMILES string of the molecule is CCNC(=O)Nc1nc2cc(C(=S)N=C(N)N3CCC(C)(C(=O)O)CC3)cc(-c3ccccn3)c2s1. The number of nitrogens with zero attached hydrogens (tertiary/aromatic N) is 4. The van der Waals surface area contributed by atoms with Crippen LogP contribution in [0.4, 0.5) is 9.93 Å². The molecule has 3 aromatic rings. The summed E-state index contributed by atoms with van der Waals surface area (Å²) in [7, 11) is 0. The molecule has 0 unspecified atom stereocenters. The van der Waals surface area contributed by atoms with E-state index in [0.717, 1.165) is 16.0 Å². The molecule has 3 heterocycles. The Morgan fingerprint density at radius 1 is 1.31 bits per heavy atom. The van der Waals surface area contributed by atoms with Crippen molar-refractivity contribution in [2.45, 2.75) is 26.7 Å². The summed E-state index contributed by atoms with van der Waals surface area (Å²) >= 11 is 6.97.